The maximum Gasteiger partial charge on any atom is 0.277 e. The van der Waals surface area contributed by atoms with Crippen molar-refractivity contribution < 1.29 is 9.15 Å². The molecule has 5 nitrogen and oxygen atoms in total. The van der Waals surface area contributed by atoms with Gasteiger partial charge in [0.05, 0.1) is 18.4 Å². The maximum absolute atomic E-state index is 5.77. The highest BCUT2D eigenvalue weighted by Crippen LogP contribution is 2.35. The normalized spacial score (nSPS) is 11.0. The van der Waals surface area contributed by atoms with Gasteiger partial charge in [-0.2, -0.15) is 0 Å². The lowest BCUT2D eigenvalue weighted by Crippen LogP contribution is -1.88. The molecule has 4 rings (SSSR count). The molecule has 0 bridgehead atoms. The predicted molar refractivity (Wildman–Crippen MR) is 116 cm³/mol. The van der Waals surface area contributed by atoms with Crippen molar-refractivity contribution in [3.63, 3.8) is 0 Å². The lowest BCUT2D eigenvalue weighted by Gasteiger charge is -2.06. The summed E-state index contributed by atoms with van der Waals surface area (Å²) in [7, 11) is 1.66. The lowest BCUT2D eigenvalue weighted by atomic mass is 10.1. The molecule has 0 atom stereocenters. The van der Waals surface area contributed by atoms with Gasteiger partial charge in [-0.3, -0.25) is 0 Å². The number of aromatic nitrogens is 3. The summed E-state index contributed by atoms with van der Waals surface area (Å²) in [4.78, 5) is 4.73. The van der Waals surface area contributed by atoms with Gasteiger partial charge in [0.15, 0.2) is 0 Å². The third-order valence-electron chi connectivity index (χ3n) is 3.99. The number of hydrogen-bond donors (Lipinski definition) is 0. The SMILES string of the molecule is COc1ccc(Br)cc1-c1nc(CSc2nnc(-c3ccc(C)cc3)o2)cs1. The molecular weight excluding hydrogens is 458 g/mol. The molecule has 0 saturated heterocycles. The fraction of sp³-hybridized carbons (Fsp3) is 0.150. The first-order chi connectivity index (χ1) is 13.6. The summed E-state index contributed by atoms with van der Waals surface area (Å²) in [6.45, 7) is 2.05. The standard InChI is InChI=1S/C20H16BrN3O2S2/c1-12-3-5-13(6-4-12)18-23-24-20(26-18)28-11-15-10-27-19(22-15)16-9-14(21)7-8-17(16)25-2/h3-10H,11H2,1-2H3. The number of thiazole rings is 1. The minimum absolute atomic E-state index is 0.528. The van der Waals surface area contributed by atoms with Crippen LogP contribution in [-0.2, 0) is 5.75 Å². The Labute approximate surface area is 179 Å². The van der Waals surface area contributed by atoms with Gasteiger partial charge < -0.3 is 9.15 Å². The highest BCUT2D eigenvalue weighted by atomic mass is 79.9. The second-order valence-corrected chi connectivity index (χ2v) is 8.72. The number of ether oxygens (including phenoxy) is 1. The smallest absolute Gasteiger partial charge is 0.277 e. The molecule has 0 aliphatic carbocycles. The van der Waals surface area contributed by atoms with Crippen LogP contribution in [0.25, 0.3) is 22.0 Å². The number of rotatable bonds is 6. The van der Waals surface area contributed by atoms with Crippen LogP contribution in [0.4, 0.5) is 0 Å². The summed E-state index contributed by atoms with van der Waals surface area (Å²) in [6.07, 6.45) is 0. The first kappa shape index (κ1) is 19.2. The van der Waals surface area contributed by atoms with Crippen molar-refractivity contribution >= 4 is 39.0 Å². The van der Waals surface area contributed by atoms with Gasteiger partial charge in [-0.1, -0.05) is 45.4 Å². The van der Waals surface area contributed by atoms with Gasteiger partial charge in [-0.25, -0.2) is 4.98 Å². The summed E-state index contributed by atoms with van der Waals surface area (Å²) in [5, 5.41) is 11.8. The van der Waals surface area contributed by atoms with Crippen LogP contribution >= 0.6 is 39.0 Å². The van der Waals surface area contributed by atoms with E-state index < -0.39 is 0 Å². The van der Waals surface area contributed by atoms with E-state index in [2.05, 4.69) is 26.1 Å². The average molecular weight is 474 g/mol. The van der Waals surface area contributed by atoms with E-state index in [0.717, 1.165) is 32.1 Å². The zero-order valence-electron chi connectivity index (χ0n) is 15.2. The lowest BCUT2D eigenvalue weighted by molar-refractivity contribution is 0.416. The molecule has 4 aromatic rings. The van der Waals surface area contributed by atoms with Crippen molar-refractivity contribution in [3.8, 4) is 27.8 Å². The minimum Gasteiger partial charge on any atom is -0.496 e. The molecule has 28 heavy (non-hydrogen) atoms. The first-order valence-electron chi connectivity index (χ1n) is 8.44. The van der Waals surface area contributed by atoms with E-state index in [0.29, 0.717) is 16.9 Å². The van der Waals surface area contributed by atoms with Gasteiger partial charge in [-0.15, -0.1) is 21.5 Å². The van der Waals surface area contributed by atoms with Crippen molar-refractivity contribution in [2.45, 2.75) is 17.9 Å². The van der Waals surface area contributed by atoms with Crippen molar-refractivity contribution in [2.75, 3.05) is 7.11 Å². The molecule has 142 valence electrons. The molecule has 8 heteroatoms. The average Bonchev–Trinajstić information content (AvgIpc) is 3.36. The molecule has 0 aliphatic rings. The van der Waals surface area contributed by atoms with Crippen LogP contribution < -0.4 is 4.74 Å². The number of benzene rings is 2. The van der Waals surface area contributed by atoms with Crippen LogP contribution in [0.3, 0.4) is 0 Å². The Balaban J connectivity index is 1.46. The molecule has 0 spiro atoms. The second-order valence-electron chi connectivity index (χ2n) is 6.02. The van der Waals surface area contributed by atoms with Gasteiger partial charge in [0.1, 0.15) is 10.8 Å². The number of thioether (sulfide) groups is 1. The summed E-state index contributed by atoms with van der Waals surface area (Å²) in [5.41, 5.74) is 4.04. The summed E-state index contributed by atoms with van der Waals surface area (Å²) in [6, 6.07) is 13.9. The Morgan fingerprint density at radius 1 is 1.14 bits per heavy atom. The number of methoxy groups -OCH3 is 1. The van der Waals surface area contributed by atoms with Crippen LogP contribution in [0.1, 0.15) is 11.3 Å². The molecule has 0 radical (unpaired) electrons. The molecular formula is C20H16BrN3O2S2. The molecule has 0 amide bonds. The summed E-state index contributed by atoms with van der Waals surface area (Å²) in [5.74, 6) is 1.99. The van der Waals surface area contributed by atoms with Gasteiger partial charge in [0.2, 0.25) is 5.89 Å². The molecule has 0 fully saturated rings. The quantitative estimate of drug-likeness (QED) is 0.309. The van der Waals surface area contributed by atoms with Crippen molar-refractivity contribution in [3.05, 3.63) is 63.6 Å². The Morgan fingerprint density at radius 3 is 2.75 bits per heavy atom. The Kier molecular flexibility index (Phi) is 5.79. The summed E-state index contributed by atoms with van der Waals surface area (Å²) >= 11 is 6.57. The third kappa shape index (κ3) is 4.29. The summed E-state index contributed by atoms with van der Waals surface area (Å²) < 4.78 is 12.2. The van der Waals surface area contributed by atoms with Crippen LogP contribution in [-0.4, -0.2) is 22.3 Å². The first-order valence-corrected chi connectivity index (χ1v) is 11.1. The zero-order valence-corrected chi connectivity index (χ0v) is 18.4. The van der Waals surface area contributed by atoms with E-state index in [1.807, 2.05) is 54.8 Å². The Hall–Kier alpha value is -2.16. The van der Waals surface area contributed by atoms with Crippen LogP contribution in [0.2, 0.25) is 0 Å². The van der Waals surface area contributed by atoms with Crippen molar-refractivity contribution in [1.29, 1.82) is 0 Å². The van der Waals surface area contributed by atoms with Crippen molar-refractivity contribution in [2.24, 2.45) is 0 Å². The maximum atomic E-state index is 5.77. The van der Waals surface area contributed by atoms with Gasteiger partial charge >= 0.3 is 0 Å². The molecule has 0 aliphatic heterocycles. The number of aryl methyl sites for hydroxylation is 1. The van der Waals surface area contributed by atoms with E-state index in [-0.39, 0.29) is 0 Å². The molecule has 0 saturated carbocycles. The highest BCUT2D eigenvalue weighted by molar-refractivity contribution is 9.10. The molecule has 2 aromatic carbocycles. The fourth-order valence-corrected chi connectivity index (χ4v) is 4.52. The highest BCUT2D eigenvalue weighted by Gasteiger charge is 2.13. The molecule has 2 heterocycles. The van der Waals surface area contributed by atoms with Gasteiger partial charge in [-0.05, 0) is 37.3 Å². The fourth-order valence-electron chi connectivity index (χ4n) is 2.56. The van der Waals surface area contributed by atoms with E-state index in [1.54, 1.807) is 18.4 Å². The minimum atomic E-state index is 0.528. The zero-order chi connectivity index (χ0) is 19.5. The molecule has 0 N–H and O–H groups in total. The number of hydrogen-bond acceptors (Lipinski definition) is 7. The van der Waals surface area contributed by atoms with Crippen LogP contribution in [0.5, 0.6) is 5.75 Å². The van der Waals surface area contributed by atoms with Gasteiger partial charge in [0, 0.05) is 21.2 Å². The number of nitrogens with zero attached hydrogens (tertiary/aromatic N) is 3. The third-order valence-corrected chi connectivity index (χ3v) is 6.26. The predicted octanol–water partition coefficient (Wildman–Crippen LogP) is 6.23. The topological polar surface area (TPSA) is 61.0 Å². The molecule has 0 unspecified atom stereocenters. The van der Waals surface area contributed by atoms with E-state index >= 15 is 0 Å². The van der Waals surface area contributed by atoms with E-state index in [4.69, 9.17) is 14.1 Å². The monoisotopic (exact) mass is 473 g/mol. The Morgan fingerprint density at radius 2 is 1.96 bits per heavy atom. The number of halogens is 1. The molecule has 2 aromatic heterocycles. The Bertz CT molecular complexity index is 1090. The largest absolute Gasteiger partial charge is 0.496 e. The van der Waals surface area contributed by atoms with E-state index in [1.165, 1.54) is 17.3 Å². The van der Waals surface area contributed by atoms with Gasteiger partial charge in [0.25, 0.3) is 5.22 Å². The second kappa shape index (κ2) is 8.46. The van der Waals surface area contributed by atoms with Crippen LogP contribution in [0, 0.1) is 6.92 Å². The van der Waals surface area contributed by atoms with E-state index in [9.17, 15) is 0 Å². The van der Waals surface area contributed by atoms with Crippen LogP contribution in [0.15, 0.2) is 62.0 Å². The van der Waals surface area contributed by atoms with Crippen molar-refractivity contribution in [1.82, 2.24) is 15.2 Å².